The maximum absolute atomic E-state index is 15.6. The fourth-order valence-electron chi connectivity index (χ4n) is 15.7. The standard InChI is InChI=1S/C86H117N19O25S/c1-7-9-20-64-79(123)93-55(28-30-71(113)114)75(119)100-63(74(118)91-39-69(88)111)43-131-44-70(112)92-58(32-46-23-25-49(108)26-24-46)82(126)101(4)45(3)73(117)96-60(36-72(115)116)85(129)104-31-15-22-65(104)80(124)99-62(42-107)77(121)94-56(27-29-68(87)110)84(128)105-40-50(109)35-67(105)81(125)95-57(33-47-37-89-53-18-13-11-16-51(47)53)76(120)98-61(41-106)78(122)97-59(34-48-38-90-54-19-14-12-17-52(48)54)83(127)103(6)66(21-10-8-2)86(130)102(64)5/h11-14,16-19,23-26,37-38,45,50,55-67,89-90,106-109H,7-10,15,20-22,27-36,39-44H2,1-6H3,(H2,87,110)(H2,88,111)(H,91,118)(H,92,112)(H,93,123)(H,94,121)(H,95,125)(H,96,117)(H,97,122)(H,98,120)(H,99,124)(H,100,119)(H,113,114)(H,115,116)/t45-,50+,55-,56-,57-,58-,59-,60-,61-,62-,63-,64-,65-,66-,67-/m0/s1. The molecule has 5 heterocycles. The van der Waals surface area contributed by atoms with Gasteiger partial charge in [-0.1, -0.05) is 88.1 Å². The number of aliphatic hydroxyl groups excluding tert-OH is 3. The summed E-state index contributed by atoms with van der Waals surface area (Å²) < 4.78 is 0. The number of aromatic amines is 2. The lowest BCUT2D eigenvalue weighted by Gasteiger charge is -2.36. The Kier molecular flexibility index (Phi) is 38.5. The van der Waals surface area contributed by atoms with E-state index in [0.29, 0.717) is 63.1 Å². The molecule has 0 radical (unpaired) electrons. The third-order valence-electron chi connectivity index (χ3n) is 23.1. The van der Waals surface area contributed by atoms with Gasteiger partial charge in [-0.05, 0) is 86.4 Å². The first kappa shape index (κ1) is 103. The molecule has 3 fully saturated rings. The lowest BCUT2D eigenvalue weighted by Crippen LogP contribution is -2.62. The second-order valence-corrected chi connectivity index (χ2v) is 33.7. The van der Waals surface area contributed by atoms with E-state index in [0.717, 1.165) is 31.5 Å². The van der Waals surface area contributed by atoms with Crippen LogP contribution in [0.1, 0.15) is 127 Å². The summed E-state index contributed by atoms with van der Waals surface area (Å²) in [6.45, 7) is 0.759. The molecule has 712 valence electrons. The summed E-state index contributed by atoms with van der Waals surface area (Å²) in [5.74, 6) is -22.6. The minimum Gasteiger partial charge on any atom is -0.508 e. The fourth-order valence-corrected chi connectivity index (χ4v) is 16.6. The van der Waals surface area contributed by atoms with Gasteiger partial charge < -0.3 is 130 Å². The number of primary amides is 2. The Morgan fingerprint density at radius 3 is 1.57 bits per heavy atom. The SMILES string of the molecule is CCCC[C@H]1C(=O)N(C)[C@@H](CCCC)C(=O)N[C@@H](CCC(=O)O)C(=O)N[C@H](C(=O)NCC(N)=O)CSCC(=O)N[C@@H](Cc2ccc(O)cc2)C(=O)N(C)[C@@H](C)C(=O)N[C@@H](CC(=O)O)C(=O)N2CCC[C@H]2C(=O)N[C@@H](CO)C(=O)N[C@@H](CCC(N)=O)C(=O)N2C[C@H](O)C[C@H]2C(=O)N[C@@H](Cc2c[nH]c3ccccc23)C(=O)N[C@@H](CO)C(=O)N[C@@H](Cc2c[nH]c3ccccc23)C(=O)N1C. The number of phenolic OH excluding ortho intramolecular Hbond substituents is 1. The molecule has 22 N–H and O–H groups in total. The van der Waals surface area contributed by atoms with Crippen molar-refractivity contribution in [3.8, 4) is 5.75 Å². The molecule has 0 spiro atoms. The van der Waals surface area contributed by atoms with Crippen molar-refractivity contribution in [2.24, 2.45) is 11.5 Å². The quantitative estimate of drug-likeness (QED) is 0.0262. The molecule has 5 aromatic rings. The highest BCUT2D eigenvalue weighted by Crippen LogP contribution is 2.28. The molecule has 3 aliphatic heterocycles. The highest BCUT2D eigenvalue weighted by Gasteiger charge is 2.47. The minimum absolute atomic E-state index is 0.0676. The zero-order valence-electron chi connectivity index (χ0n) is 73.5. The number of nitrogens with one attached hydrogen (secondary N) is 12. The van der Waals surface area contributed by atoms with Crippen molar-refractivity contribution in [2.45, 2.75) is 221 Å². The number of H-pyrrole nitrogens is 2. The van der Waals surface area contributed by atoms with Gasteiger partial charge in [-0.2, -0.15) is 0 Å². The van der Waals surface area contributed by atoms with E-state index in [1.54, 1.807) is 68.6 Å². The lowest BCUT2D eigenvalue weighted by molar-refractivity contribution is -0.149. The van der Waals surface area contributed by atoms with Gasteiger partial charge in [0, 0.05) is 113 Å². The van der Waals surface area contributed by atoms with Gasteiger partial charge >= 0.3 is 11.9 Å². The summed E-state index contributed by atoms with van der Waals surface area (Å²) in [5.41, 5.74) is 13.3. The molecule has 17 amide bonds. The molecule has 3 aliphatic rings. The molecule has 3 aromatic carbocycles. The predicted molar refractivity (Wildman–Crippen MR) is 470 cm³/mol. The molecule has 2 aromatic heterocycles. The molecule has 15 atom stereocenters. The number of likely N-dealkylation sites (N-methyl/N-ethyl adjacent to an activating group) is 3. The number of fused-ring (bicyclic) bond motifs is 4. The van der Waals surface area contributed by atoms with Crippen LogP contribution in [0, 0.1) is 0 Å². The van der Waals surface area contributed by atoms with Crippen molar-refractivity contribution in [1.82, 2.24) is 87.6 Å². The van der Waals surface area contributed by atoms with Gasteiger partial charge in [0.05, 0.1) is 38.0 Å². The average Bonchev–Trinajstić information content (AvgIpc) is 1.80. The molecular weight excluding hydrogens is 1730 g/mol. The highest BCUT2D eigenvalue weighted by molar-refractivity contribution is 8.00. The Labute approximate surface area is 757 Å². The Morgan fingerprint density at radius 1 is 0.496 bits per heavy atom. The van der Waals surface area contributed by atoms with E-state index in [4.69, 9.17) is 11.5 Å². The Bertz CT molecular complexity index is 4990. The van der Waals surface area contributed by atoms with E-state index in [-0.39, 0.29) is 70.1 Å². The summed E-state index contributed by atoms with van der Waals surface area (Å²) in [7, 11) is 3.69. The average molecular weight is 1850 g/mol. The van der Waals surface area contributed by atoms with Crippen LogP contribution in [-0.4, -0.2) is 334 Å². The van der Waals surface area contributed by atoms with Crippen LogP contribution in [0.3, 0.4) is 0 Å². The van der Waals surface area contributed by atoms with E-state index in [1.807, 2.05) is 0 Å². The first-order valence-electron chi connectivity index (χ1n) is 43.0. The lowest BCUT2D eigenvalue weighted by atomic mass is 10.00. The monoisotopic (exact) mass is 1850 g/mol. The zero-order chi connectivity index (χ0) is 96.2. The molecule has 45 heteroatoms. The number of thioether (sulfide) groups is 1. The number of aliphatic carboxylic acids is 2. The van der Waals surface area contributed by atoms with E-state index >= 15 is 33.6 Å². The highest BCUT2D eigenvalue weighted by atomic mass is 32.2. The largest absolute Gasteiger partial charge is 0.508 e. The van der Waals surface area contributed by atoms with Gasteiger partial charge in [0.25, 0.3) is 0 Å². The molecular formula is C86H117N19O25S. The van der Waals surface area contributed by atoms with Gasteiger partial charge in [-0.15, -0.1) is 11.8 Å². The number of nitrogens with zero attached hydrogens (tertiary/aromatic N) is 5. The number of aromatic nitrogens is 2. The number of hydrogen-bond donors (Lipinski definition) is 20. The van der Waals surface area contributed by atoms with Crippen molar-refractivity contribution >= 4 is 146 Å². The van der Waals surface area contributed by atoms with Crippen LogP contribution in [0.15, 0.2) is 85.2 Å². The van der Waals surface area contributed by atoms with Crippen LogP contribution in [0.5, 0.6) is 5.75 Å². The number of hydrogen-bond acceptors (Lipinski definition) is 24. The molecule has 131 heavy (non-hydrogen) atoms. The second-order valence-electron chi connectivity index (χ2n) is 32.6. The number of para-hydroxylation sites is 2. The fraction of sp³-hybridized carbons (Fsp3) is 0.523. The predicted octanol–water partition coefficient (Wildman–Crippen LogP) is -4.48. The number of aliphatic hydroxyl groups is 3. The number of benzene rings is 3. The number of unbranched alkanes of at least 4 members (excludes halogenated alkanes) is 2. The normalized spacial score (nSPS) is 25.1. The first-order valence-corrected chi connectivity index (χ1v) is 44.2. The number of carbonyl (C=O) groups excluding carboxylic acids is 17. The molecule has 8 rings (SSSR count). The molecule has 0 aliphatic carbocycles. The van der Waals surface area contributed by atoms with Crippen LogP contribution >= 0.6 is 11.8 Å². The van der Waals surface area contributed by atoms with Crippen molar-refractivity contribution in [1.29, 1.82) is 0 Å². The van der Waals surface area contributed by atoms with Crippen molar-refractivity contribution in [3.05, 3.63) is 102 Å². The van der Waals surface area contributed by atoms with Crippen molar-refractivity contribution in [2.75, 3.05) is 65.5 Å². The van der Waals surface area contributed by atoms with Crippen molar-refractivity contribution in [3.63, 3.8) is 0 Å². The van der Waals surface area contributed by atoms with Gasteiger partial charge in [-0.3, -0.25) is 91.1 Å². The maximum Gasteiger partial charge on any atom is 0.305 e. The Hall–Kier alpha value is -13.3. The number of phenols is 1. The maximum atomic E-state index is 15.6. The van der Waals surface area contributed by atoms with Gasteiger partial charge in [0.1, 0.15) is 90.3 Å². The molecule has 0 bridgehead atoms. The van der Waals surface area contributed by atoms with E-state index < -0.39 is 279 Å². The Morgan fingerprint density at radius 2 is 0.992 bits per heavy atom. The Balaban J connectivity index is 1.19. The second kappa shape index (κ2) is 48.9. The third-order valence-corrected chi connectivity index (χ3v) is 24.2. The van der Waals surface area contributed by atoms with E-state index in [2.05, 4.69) is 63.1 Å². The minimum atomic E-state index is -1.98. The van der Waals surface area contributed by atoms with Crippen LogP contribution in [0.25, 0.3) is 21.8 Å². The zero-order valence-corrected chi connectivity index (χ0v) is 74.3. The van der Waals surface area contributed by atoms with Crippen LogP contribution < -0.4 is 64.6 Å². The van der Waals surface area contributed by atoms with Crippen molar-refractivity contribution < 1.29 is 122 Å². The summed E-state index contributed by atoms with van der Waals surface area (Å²) in [4.78, 5) is 282. The third kappa shape index (κ3) is 28.6. The number of nitrogens with two attached hydrogens (primary N) is 2. The molecule has 0 saturated carbocycles. The summed E-state index contributed by atoms with van der Waals surface area (Å²) in [5, 5.41) is 89.3. The number of aromatic hydroxyl groups is 1. The van der Waals surface area contributed by atoms with Gasteiger partial charge in [0.15, 0.2) is 0 Å². The number of rotatable bonds is 25. The first-order chi connectivity index (χ1) is 62.3. The number of carbonyl (C=O) groups is 19. The van der Waals surface area contributed by atoms with E-state index in [1.165, 1.54) is 51.5 Å². The molecule has 44 nitrogen and oxygen atoms in total. The van der Waals surface area contributed by atoms with Gasteiger partial charge in [0.2, 0.25) is 100 Å². The molecule has 0 unspecified atom stereocenters. The summed E-state index contributed by atoms with van der Waals surface area (Å²) in [6.07, 6.45) is -2.49. The van der Waals surface area contributed by atoms with Gasteiger partial charge in [-0.25, -0.2) is 0 Å². The number of carboxylic acids is 2. The topological polar surface area (TPSA) is 666 Å². The summed E-state index contributed by atoms with van der Waals surface area (Å²) in [6, 6.07) is -4.94. The number of amides is 17. The molecule has 3 saturated heterocycles. The smallest absolute Gasteiger partial charge is 0.305 e. The summed E-state index contributed by atoms with van der Waals surface area (Å²) >= 11 is 0.678. The number of carboxylic acid groups (broad SMARTS) is 2. The van der Waals surface area contributed by atoms with Crippen LogP contribution in [0.4, 0.5) is 0 Å². The van der Waals surface area contributed by atoms with E-state index in [9.17, 15) is 88.2 Å². The van der Waals surface area contributed by atoms with Crippen LogP contribution in [0.2, 0.25) is 0 Å². The van der Waals surface area contributed by atoms with Crippen LogP contribution in [-0.2, 0) is 110 Å².